The van der Waals surface area contributed by atoms with Crippen LogP contribution in [-0.4, -0.2) is 49.5 Å². The van der Waals surface area contributed by atoms with E-state index < -0.39 is 0 Å². The number of benzene rings is 1. The Morgan fingerprint density at radius 3 is 2.46 bits per heavy atom. The molecule has 0 radical (unpaired) electrons. The summed E-state index contributed by atoms with van der Waals surface area (Å²) < 4.78 is 0. The number of nitrogens with zero attached hydrogens (tertiary/aromatic N) is 3. The number of hydrogen-bond donors (Lipinski definition) is 1. The largest absolute Gasteiger partial charge is 0.357 e. The van der Waals surface area contributed by atoms with Gasteiger partial charge in [0.15, 0.2) is 5.96 Å². The second kappa shape index (κ2) is 9.61. The molecule has 1 fully saturated rings. The number of aliphatic imine (C=N–C) groups is 1. The van der Waals surface area contributed by atoms with Crippen LogP contribution in [0, 0.1) is 5.41 Å². The molecule has 1 aromatic rings. The van der Waals surface area contributed by atoms with E-state index in [4.69, 9.17) is 4.99 Å². The summed E-state index contributed by atoms with van der Waals surface area (Å²) in [6, 6.07) is 8.62. The maximum atomic E-state index is 4.91. The third-order valence-electron chi connectivity index (χ3n) is 4.32. The Morgan fingerprint density at radius 2 is 1.92 bits per heavy atom. The normalized spacial score (nSPS) is 17.1. The van der Waals surface area contributed by atoms with Gasteiger partial charge >= 0.3 is 0 Å². The first-order valence-corrected chi connectivity index (χ1v) is 8.66. The Hall–Kier alpha value is -0.820. The Bertz CT molecular complexity index is 540. The molecule has 24 heavy (non-hydrogen) atoms. The Balaban J connectivity index is 0.00000288. The van der Waals surface area contributed by atoms with E-state index in [0.29, 0.717) is 5.41 Å². The van der Waals surface area contributed by atoms with Gasteiger partial charge < -0.3 is 15.1 Å². The number of guanidine groups is 1. The molecule has 0 saturated carbocycles. The van der Waals surface area contributed by atoms with E-state index in [1.807, 2.05) is 0 Å². The van der Waals surface area contributed by atoms with Crippen LogP contribution in [-0.2, 0) is 13.1 Å². The molecular formula is C19H33IN4. The molecule has 1 heterocycles. The lowest BCUT2D eigenvalue weighted by Gasteiger charge is -2.24. The average Bonchev–Trinajstić information content (AvgIpc) is 2.84. The predicted octanol–water partition coefficient (Wildman–Crippen LogP) is 3.56. The van der Waals surface area contributed by atoms with Crippen LogP contribution < -0.4 is 5.32 Å². The fraction of sp³-hybridized carbons (Fsp3) is 0.632. The van der Waals surface area contributed by atoms with E-state index in [1.54, 1.807) is 0 Å². The van der Waals surface area contributed by atoms with Crippen molar-refractivity contribution in [2.45, 2.75) is 40.3 Å². The van der Waals surface area contributed by atoms with Gasteiger partial charge in [0.25, 0.3) is 0 Å². The molecule has 1 saturated heterocycles. The highest BCUT2D eigenvalue weighted by Gasteiger charge is 2.30. The third-order valence-corrected chi connectivity index (χ3v) is 4.32. The zero-order chi connectivity index (χ0) is 16.9. The van der Waals surface area contributed by atoms with Crippen LogP contribution in [0.1, 0.15) is 38.3 Å². The molecule has 0 amide bonds. The molecule has 1 aliphatic heterocycles. The van der Waals surface area contributed by atoms with E-state index in [-0.39, 0.29) is 24.0 Å². The van der Waals surface area contributed by atoms with Gasteiger partial charge in [-0.05, 0) is 44.0 Å². The molecule has 0 aromatic heterocycles. The van der Waals surface area contributed by atoms with Gasteiger partial charge in [0.2, 0.25) is 0 Å². The van der Waals surface area contributed by atoms with Crippen LogP contribution in [0.5, 0.6) is 0 Å². The first kappa shape index (κ1) is 21.2. The smallest absolute Gasteiger partial charge is 0.194 e. The van der Waals surface area contributed by atoms with Crippen molar-refractivity contribution in [1.29, 1.82) is 0 Å². The minimum atomic E-state index is 0. The van der Waals surface area contributed by atoms with Gasteiger partial charge in [-0.25, -0.2) is 4.99 Å². The highest BCUT2D eigenvalue weighted by atomic mass is 127. The molecule has 0 unspecified atom stereocenters. The molecule has 0 bridgehead atoms. The number of halogens is 1. The number of nitrogens with one attached hydrogen (secondary N) is 1. The second-order valence-corrected chi connectivity index (χ2v) is 7.51. The molecule has 1 N–H and O–H groups in total. The minimum absolute atomic E-state index is 0. The molecular weight excluding hydrogens is 411 g/mol. The van der Waals surface area contributed by atoms with Crippen molar-refractivity contribution in [2.75, 3.05) is 33.7 Å². The van der Waals surface area contributed by atoms with Gasteiger partial charge in [0.1, 0.15) is 0 Å². The Morgan fingerprint density at radius 1 is 1.25 bits per heavy atom. The summed E-state index contributed by atoms with van der Waals surface area (Å²) in [5.41, 5.74) is 3.06. The van der Waals surface area contributed by atoms with E-state index in [0.717, 1.165) is 38.7 Å². The monoisotopic (exact) mass is 444 g/mol. The van der Waals surface area contributed by atoms with Crippen molar-refractivity contribution in [3.05, 3.63) is 35.4 Å². The average molecular weight is 444 g/mol. The molecule has 0 atom stereocenters. The molecule has 1 aliphatic rings. The van der Waals surface area contributed by atoms with Crippen molar-refractivity contribution < 1.29 is 0 Å². The molecule has 4 nitrogen and oxygen atoms in total. The Kier molecular flexibility index (Phi) is 8.50. The number of hydrogen-bond acceptors (Lipinski definition) is 2. The van der Waals surface area contributed by atoms with Crippen molar-refractivity contribution in [3.63, 3.8) is 0 Å². The van der Waals surface area contributed by atoms with E-state index in [2.05, 4.69) is 74.2 Å². The van der Waals surface area contributed by atoms with E-state index in [9.17, 15) is 0 Å². The summed E-state index contributed by atoms with van der Waals surface area (Å²) in [6.45, 7) is 11.6. The lowest BCUT2D eigenvalue weighted by molar-refractivity contribution is 0.370. The molecule has 136 valence electrons. The standard InChI is InChI=1S/C19H32N4.HI/c1-6-20-18(23-12-11-19(2,3)15-23)21-13-16-9-7-8-10-17(16)14-22(4)5;/h7-10H,6,11-15H2,1-5H3,(H,20,21);1H. The second-order valence-electron chi connectivity index (χ2n) is 7.51. The van der Waals surface area contributed by atoms with Gasteiger partial charge in [-0.1, -0.05) is 38.1 Å². The summed E-state index contributed by atoms with van der Waals surface area (Å²) in [5.74, 6) is 1.05. The van der Waals surface area contributed by atoms with Crippen LogP contribution in [0.3, 0.4) is 0 Å². The summed E-state index contributed by atoms with van der Waals surface area (Å²) >= 11 is 0. The highest BCUT2D eigenvalue weighted by Crippen LogP contribution is 2.28. The SMILES string of the molecule is CCNC(=NCc1ccccc1CN(C)C)N1CCC(C)(C)C1.I. The summed E-state index contributed by atoms with van der Waals surface area (Å²) in [4.78, 5) is 9.52. The molecule has 5 heteroatoms. The lowest BCUT2D eigenvalue weighted by atomic mass is 9.93. The van der Waals surface area contributed by atoms with Gasteiger partial charge in [0.05, 0.1) is 6.54 Å². The minimum Gasteiger partial charge on any atom is -0.357 e. The first-order chi connectivity index (χ1) is 10.9. The first-order valence-electron chi connectivity index (χ1n) is 8.66. The summed E-state index contributed by atoms with van der Waals surface area (Å²) in [6.07, 6.45) is 1.23. The van der Waals surface area contributed by atoms with Crippen LogP contribution >= 0.6 is 24.0 Å². The lowest BCUT2D eigenvalue weighted by Crippen LogP contribution is -2.40. The maximum Gasteiger partial charge on any atom is 0.194 e. The molecule has 1 aromatic carbocycles. The van der Waals surface area contributed by atoms with Crippen LogP contribution in [0.25, 0.3) is 0 Å². The summed E-state index contributed by atoms with van der Waals surface area (Å²) in [7, 11) is 4.22. The van der Waals surface area contributed by atoms with Crippen molar-refractivity contribution >= 4 is 29.9 Å². The van der Waals surface area contributed by atoms with Crippen molar-refractivity contribution in [3.8, 4) is 0 Å². The molecule has 2 rings (SSSR count). The zero-order valence-electron chi connectivity index (χ0n) is 15.8. The quantitative estimate of drug-likeness (QED) is 0.428. The van der Waals surface area contributed by atoms with E-state index >= 15 is 0 Å². The fourth-order valence-corrected chi connectivity index (χ4v) is 3.09. The number of likely N-dealkylation sites (tertiary alicyclic amines) is 1. The number of rotatable bonds is 5. The van der Waals surface area contributed by atoms with Gasteiger partial charge in [-0.15, -0.1) is 24.0 Å². The highest BCUT2D eigenvalue weighted by molar-refractivity contribution is 14.0. The maximum absolute atomic E-state index is 4.91. The summed E-state index contributed by atoms with van der Waals surface area (Å²) in [5, 5.41) is 3.46. The van der Waals surface area contributed by atoms with Crippen LogP contribution in [0.2, 0.25) is 0 Å². The zero-order valence-corrected chi connectivity index (χ0v) is 18.1. The predicted molar refractivity (Wildman–Crippen MR) is 114 cm³/mol. The van der Waals surface area contributed by atoms with Gasteiger partial charge in [0, 0.05) is 26.2 Å². The van der Waals surface area contributed by atoms with E-state index in [1.165, 1.54) is 17.5 Å². The Labute approximate surface area is 164 Å². The molecule has 0 spiro atoms. The third kappa shape index (κ3) is 6.24. The topological polar surface area (TPSA) is 30.9 Å². The van der Waals surface area contributed by atoms with Crippen molar-refractivity contribution in [1.82, 2.24) is 15.1 Å². The molecule has 0 aliphatic carbocycles. The van der Waals surface area contributed by atoms with Crippen LogP contribution in [0.15, 0.2) is 29.3 Å². The van der Waals surface area contributed by atoms with Crippen molar-refractivity contribution in [2.24, 2.45) is 10.4 Å². The van der Waals surface area contributed by atoms with Gasteiger partial charge in [-0.3, -0.25) is 0 Å². The fourth-order valence-electron chi connectivity index (χ4n) is 3.09. The van der Waals surface area contributed by atoms with Crippen LogP contribution in [0.4, 0.5) is 0 Å². The van der Waals surface area contributed by atoms with Gasteiger partial charge in [-0.2, -0.15) is 0 Å².